The Balaban J connectivity index is 0.000000921. The zero-order valence-electron chi connectivity index (χ0n) is 10.3. The van der Waals surface area contributed by atoms with E-state index in [-0.39, 0.29) is 0 Å². The second kappa shape index (κ2) is 6.99. The molecule has 0 aromatic carbocycles. The van der Waals surface area contributed by atoms with E-state index in [4.69, 9.17) is 0 Å². The van der Waals surface area contributed by atoms with Crippen molar-refractivity contribution in [3.8, 4) is 0 Å². The van der Waals surface area contributed by atoms with Gasteiger partial charge in [-0.05, 0) is 25.0 Å². The normalized spacial score (nSPS) is 16.9. The van der Waals surface area contributed by atoms with Crippen LogP contribution in [-0.4, -0.2) is 5.71 Å². The first-order valence-corrected chi connectivity index (χ1v) is 5.45. The summed E-state index contributed by atoms with van der Waals surface area (Å²) in [5.41, 5.74) is 4.01. The zero-order chi connectivity index (χ0) is 11.8. The number of hydrogen-bond donors (Lipinski definition) is 0. The minimum atomic E-state index is 0.882. The van der Waals surface area contributed by atoms with Crippen LogP contribution in [0.25, 0.3) is 0 Å². The smallest absolute Gasteiger partial charge is 0.0699 e. The largest absolute Gasteiger partial charge is 0.254 e. The SMILES string of the molecule is C=C(CC)N=C1C=CC(C)=CC1=C.CC. The van der Waals surface area contributed by atoms with Crippen LogP contribution in [0.15, 0.2) is 53.2 Å². The molecular formula is C14H21N. The fourth-order valence-corrected chi connectivity index (χ4v) is 1.07. The lowest BCUT2D eigenvalue weighted by molar-refractivity contribution is 1.08. The first kappa shape index (κ1) is 13.6. The second-order valence-corrected chi connectivity index (χ2v) is 3.16. The van der Waals surface area contributed by atoms with Gasteiger partial charge in [0.15, 0.2) is 0 Å². The van der Waals surface area contributed by atoms with Gasteiger partial charge in [0.2, 0.25) is 0 Å². The van der Waals surface area contributed by atoms with E-state index in [9.17, 15) is 0 Å². The lowest BCUT2D eigenvalue weighted by atomic mass is 10.0. The molecule has 0 atom stereocenters. The maximum Gasteiger partial charge on any atom is 0.0699 e. The quantitative estimate of drug-likeness (QED) is 0.628. The molecule has 0 spiro atoms. The fourth-order valence-electron chi connectivity index (χ4n) is 1.07. The number of hydrogen-bond acceptors (Lipinski definition) is 1. The van der Waals surface area contributed by atoms with Gasteiger partial charge >= 0.3 is 0 Å². The molecule has 0 radical (unpaired) electrons. The summed E-state index contributed by atoms with van der Waals surface area (Å²) in [5.74, 6) is 0. The molecule has 1 aliphatic carbocycles. The van der Waals surface area contributed by atoms with Crippen LogP contribution >= 0.6 is 0 Å². The van der Waals surface area contributed by atoms with E-state index in [0.717, 1.165) is 23.4 Å². The zero-order valence-corrected chi connectivity index (χ0v) is 10.3. The van der Waals surface area contributed by atoms with Crippen LogP contribution in [0.5, 0.6) is 0 Å². The van der Waals surface area contributed by atoms with E-state index >= 15 is 0 Å². The van der Waals surface area contributed by atoms with Crippen molar-refractivity contribution >= 4 is 5.71 Å². The highest BCUT2D eigenvalue weighted by Gasteiger charge is 2.03. The van der Waals surface area contributed by atoms with Crippen LogP contribution in [0, 0.1) is 0 Å². The lowest BCUT2D eigenvalue weighted by Crippen LogP contribution is -2.00. The molecule has 0 aliphatic heterocycles. The van der Waals surface area contributed by atoms with E-state index in [0.29, 0.717) is 0 Å². The van der Waals surface area contributed by atoms with Crippen molar-refractivity contribution in [2.24, 2.45) is 4.99 Å². The average molecular weight is 203 g/mol. The highest BCUT2D eigenvalue weighted by atomic mass is 14.7. The Morgan fingerprint density at radius 1 is 1.33 bits per heavy atom. The molecule has 1 nitrogen and oxygen atoms in total. The van der Waals surface area contributed by atoms with Crippen LogP contribution in [0.4, 0.5) is 0 Å². The number of aliphatic imine (C=N–C) groups is 1. The molecule has 0 N–H and O–H groups in total. The first-order chi connectivity index (χ1) is 7.13. The first-order valence-electron chi connectivity index (χ1n) is 5.45. The topological polar surface area (TPSA) is 12.4 Å². The molecule has 1 heteroatoms. The molecule has 1 rings (SSSR count). The highest BCUT2D eigenvalue weighted by molar-refractivity contribution is 6.11. The molecule has 0 bridgehead atoms. The Hall–Kier alpha value is -1.37. The molecule has 15 heavy (non-hydrogen) atoms. The minimum Gasteiger partial charge on any atom is -0.254 e. The number of allylic oxidation sites excluding steroid dienone is 6. The van der Waals surface area contributed by atoms with E-state index < -0.39 is 0 Å². The van der Waals surface area contributed by atoms with Crippen LogP contribution in [0.1, 0.15) is 34.1 Å². The molecule has 0 saturated carbocycles. The predicted octanol–water partition coefficient (Wildman–Crippen LogP) is 4.45. The Kier molecular flexibility index (Phi) is 6.35. The minimum absolute atomic E-state index is 0.882. The third-order valence-corrected chi connectivity index (χ3v) is 1.92. The maximum absolute atomic E-state index is 4.36. The Bertz CT molecular complexity index is 327. The summed E-state index contributed by atoms with van der Waals surface area (Å²) >= 11 is 0. The van der Waals surface area contributed by atoms with Crippen LogP contribution in [0.2, 0.25) is 0 Å². The standard InChI is InChI=1S/C12H15N.C2H6/c1-5-11(4)13-12-7-6-9(2)8-10(12)3;1-2/h6-8H,3-5H2,1-2H3;1-2H3. The summed E-state index contributed by atoms with van der Waals surface area (Å²) in [4.78, 5) is 4.36. The van der Waals surface area contributed by atoms with Crippen LogP contribution < -0.4 is 0 Å². The Morgan fingerprint density at radius 3 is 2.40 bits per heavy atom. The second-order valence-electron chi connectivity index (χ2n) is 3.16. The fraction of sp³-hybridized carbons (Fsp3) is 0.357. The van der Waals surface area contributed by atoms with Gasteiger partial charge < -0.3 is 0 Å². The van der Waals surface area contributed by atoms with Gasteiger partial charge in [-0.1, -0.05) is 51.7 Å². The summed E-state index contributed by atoms with van der Waals surface area (Å²) in [5, 5.41) is 0. The Morgan fingerprint density at radius 2 is 1.93 bits per heavy atom. The van der Waals surface area contributed by atoms with Gasteiger partial charge in [0.1, 0.15) is 0 Å². The van der Waals surface area contributed by atoms with Crippen molar-refractivity contribution < 1.29 is 0 Å². The van der Waals surface area contributed by atoms with Gasteiger partial charge in [-0.25, -0.2) is 0 Å². The Labute approximate surface area is 93.6 Å². The number of nitrogens with zero attached hydrogens (tertiary/aromatic N) is 1. The van der Waals surface area contributed by atoms with E-state index in [1.165, 1.54) is 5.57 Å². The molecule has 0 heterocycles. The van der Waals surface area contributed by atoms with E-state index in [1.54, 1.807) is 0 Å². The van der Waals surface area contributed by atoms with Crippen molar-refractivity contribution in [3.05, 3.63) is 48.2 Å². The summed E-state index contributed by atoms with van der Waals surface area (Å²) in [6.07, 6.45) is 6.93. The molecule has 0 aromatic rings. The van der Waals surface area contributed by atoms with Crippen molar-refractivity contribution in [2.45, 2.75) is 34.1 Å². The molecule has 0 amide bonds. The van der Waals surface area contributed by atoms with Gasteiger partial charge in [-0.3, -0.25) is 4.99 Å². The molecule has 0 aromatic heterocycles. The number of rotatable bonds is 2. The average Bonchev–Trinajstić information content (AvgIpc) is 2.25. The molecule has 0 saturated heterocycles. The molecule has 1 aliphatic rings. The van der Waals surface area contributed by atoms with Gasteiger partial charge in [0.05, 0.1) is 5.71 Å². The molecule has 0 unspecified atom stereocenters. The molecule has 82 valence electrons. The van der Waals surface area contributed by atoms with E-state index in [1.807, 2.05) is 45.9 Å². The van der Waals surface area contributed by atoms with Crippen molar-refractivity contribution in [1.29, 1.82) is 0 Å². The predicted molar refractivity (Wildman–Crippen MR) is 70.3 cm³/mol. The van der Waals surface area contributed by atoms with Gasteiger partial charge in [-0.15, -0.1) is 0 Å². The third kappa shape index (κ3) is 4.59. The third-order valence-electron chi connectivity index (χ3n) is 1.92. The molecular weight excluding hydrogens is 182 g/mol. The van der Waals surface area contributed by atoms with Crippen LogP contribution in [0.3, 0.4) is 0 Å². The van der Waals surface area contributed by atoms with Crippen molar-refractivity contribution in [3.63, 3.8) is 0 Å². The summed E-state index contributed by atoms with van der Waals surface area (Å²) in [7, 11) is 0. The van der Waals surface area contributed by atoms with Crippen molar-refractivity contribution in [2.75, 3.05) is 0 Å². The lowest BCUT2D eigenvalue weighted by Gasteiger charge is -2.07. The molecule has 0 fully saturated rings. The van der Waals surface area contributed by atoms with Crippen molar-refractivity contribution in [1.82, 2.24) is 0 Å². The summed E-state index contributed by atoms with van der Waals surface area (Å²) in [6, 6.07) is 0. The monoisotopic (exact) mass is 203 g/mol. The van der Waals surface area contributed by atoms with Gasteiger partial charge in [-0.2, -0.15) is 0 Å². The highest BCUT2D eigenvalue weighted by Crippen LogP contribution is 2.13. The van der Waals surface area contributed by atoms with Crippen LogP contribution in [-0.2, 0) is 0 Å². The summed E-state index contributed by atoms with van der Waals surface area (Å²) < 4.78 is 0. The van der Waals surface area contributed by atoms with E-state index in [2.05, 4.69) is 18.2 Å². The van der Waals surface area contributed by atoms with Gasteiger partial charge in [0.25, 0.3) is 0 Å². The van der Waals surface area contributed by atoms with Gasteiger partial charge in [0, 0.05) is 5.70 Å². The maximum atomic E-state index is 4.36. The summed E-state index contributed by atoms with van der Waals surface area (Å²) in [6.45, 7) is 15.9.